The van der Waals surface area contributed by atoms with E-state index in [2.05, 4.69) is 5.32 Å². The molecule has 2 aromatic rings. The third kappa shape index (κ3) is 6.02. The molecule has 172 valence electrons. The Balaban J connectivity index is 1.73. The van der Waals surface area contributed by atoms with Crippen LogP contribution in [0.25, 0.3) is 0 Å². The SMILES string of the molecule is CC[C@H](C)NC(=O)[C@H](C)N(Cc1ccccc1C)C(=O)CCc1ccc2c(c1)OCCO2. The van der Waals surface area contributed by atoms with Crippen molar-refractivity contribution in [3.8, 4) is 11.5 Å². The molecule has 1 aliphatic heterocycles. The number of amides is 2. The predicted molar refractivity (Wildman–Crippen MR) is 125 cm³/mol. The molecule has 0 spiro atoms. The number of nitrogens with zero attached hydrogens (tertiary/aromatic N) is 1. The maximum Gasteiger partial charge on any atom is 0.242 e. The molecular weight excluding hydrogens is 404 g/mol. The second-order valence-electron chi connectivity index (χ2n) is 8.42. The predicted octanol–water partition coefficient (Wildman–Crippen LogP) is 4.03. The number of fused-ring (bicyclic) bond motifs is 1. The van der Waals surface area contributed by atoms with Gasteiger partial charge in [0.1, 0.15) is 19.3 Å². The number of hydrogen-bond acceptors (Lipinski definition) is 4. The van der Waals surface area contributed by atoms with Crippen molar-refractivity contribution in [1.29, 1.82) is 0 Å². The Morgan fingerprint density at radius 2 is 1.78 bits per heavy atom. The number of carbonyl (C=O) groups excluding carboxylic acids is 2. The molecule has 0 radical (unpaired) electrons. The molecule has 0 aliphatic carbocycles. The van der Waals surface area contributed by atoms with E-state index in [0.29, 0.717) is 32.6 Å². The summed E-state index contributed by atoms with van der Waals surface area (Å²) in [5, 5.41) is 3.01. The van der Waals surface area contributed by atoms with Crippen LogP contribution >= 0.6 is 0 Å². The van der Waals surface area contributed by atoms with E-state index >= 15 is 0 Å². The molecule has 1 N–H and O–H groups in total. The lowest BCUT2D eigenvalue weighted by atomic mass is 10.0. The van der Waals surface area contributed by atoms with Gasteiger partial charge in [-0.15, -0.1) is 0 Å². The van der Waals surface area contributed by atoms with Crippen LogP contribution in [0, 0.1) is 6.92 Å². The van der Waals surface area contributed by atoms with Crippen molar-refractivity contribution in [2.24, 2.45) is 0 Å². The summed E-state index contributed by atoms with van der Waals surface area (Å²) in [7, 11) is 0. The molecule has 0 saturated carbocycles. The average Bonchev–Trinajstić information content (AvgIpc) is 2.81. The summed E-state index contributed by atoms with van der Waals surface area (Å²) in [6, 6.07) is 13.3. The summed E-state index contributed by atoms with van der Waals surface area (Å²) in [6.07, 6.45) is 1.72. The van der Waals surface area contributed by atoms with Crippen molar-refractivity contribution in [3.05, 3.63) is 59.2 Å². The summed E-state index contributed by atoms with van der Waals surface area (Å²) in [5.41, 5.74) is 3.16. The first-order valence-corrected chi connectivity index (χ1v) is 11.4. The zero-order valence-electron chi connectivity index (χ0n) is 19.5. The first-order chi connectivity index (χ1) is 15.4. The lowest BCUT2D eigenvalue weighted by Gasteiger charge is -2.30. The minimum atomic E-state index is -0.559. The van der Waals surface area contributed by atoms with Crippen molar-refractivity contribution in [2.45, 2.75) is 65.6 Å². The first kappa shape index (κ1) is 23.6. The van der Waals surface area contributed by atoms with E-state index in [1.54, 1.807) is 11.8 Å². The molecule has 0 bridgehead atoms. The van der Waals surface area contributed by atoms with E-state index in [0.717, 1.165) is 34.6 Å². The molecule has 3 rings (SSSR count). The lowest BCUT2D eigenvalue weighted by molar-refractivity contribution is -0.140. The van der Waals surface area contributed by atoms with Crippen LogP contribution in [0.5, 0.6) is 11.5 Å². The molecule has 6 nitrogen and oxygen atoms in total. The average molecular weight is 439 g/mol. The van der Waals surface area contributed by atoms with Gasteiger partial charge in [0, 0.05) is 19.0 Å². The van der Waals surface area contributed by atoms with E-state index in [9.17, 15) is 9.59 Å². The van der Waals surface area contributed by atoms with Crippen molar-refractivity contribution >= 4 is 11.8 Å². The number of ether oxygens (including phenoxy) is 2. The largest absolute Gasteiger partial charge is 0.486 e. The Labute approximate surface area is 190 Å². The van der Waals surface area contributed by atoms with Crippen LogP contribution in [0.1, 0.15) is 50.3 Å². The second kappa shape index (κ2) is 11.0. The minimum absolute atomic E-state index is 0.0463. The quantitative estimate of drug-likeness (QED) is 0.642. The molecule has 1 aliphatic rings. The van der Waals surface area contributed by atoms with Crippen molar-refractivity contribution in [2.75, 3.05) is 13.2 Å². The number of hydrogen-bond donors (Lipinski definition) is 1. The Bertz CT molecular complexity index is 943. The fourth-order valence-corrected chi connectivity index (χ4v) is 3.66. The second-order valence-corrected chi connectivity index (χ2v) is 8.42. The van der Waals surface area contributed by atoms with Gasteiger partial charge < -0.3 is 19.7 Å². The van der Waals surface area contributed by atoms with E-state index in [-0.39, 0.29) is 17.9 Å². The number of aryl methyl sites for hydroxylation is 2. The van der Waals surface area contributed by atoms with Crippen LogP contribution < -0.4 is 14.8 Å². The van der Waals surface area contributed by atoms with Gasteiger partial charge in [-0.1, -0.05) is 37.3 Å². The Morgan fingerprint density at radius 3 is 2.50 bits per heavy atom. The number of nitrogens with one attached hydrogen (secondary N) is 1. The van der Waals surface area contributed by atoms with Crippen molar-refractivity contribution in [1.82, 2.24) is 10.2 Å². The van der Waals surface area contributed by atoms with Crippen LogP contribution in [0.4, 0.5) is 0 Å². The van der Waals surface area contributed by atoms with E-state index in [1.165, 1.54) is 0 Å². The molecule has 1 heterocycles. The van der Waals surface area contributed by atoms with Crippen LogP contribution in [0.3, 0.4) is 0 Å². The Morgan fingerprint density at radius 1 is 1.06 bits per heavy atom. The van der Waals surface area contributed by atoms with Gasteiger partial charge in [-0.2, -0.15) is 0 Å². The molecule has 2 aromatic carbocycles. The summed E-state index contributed by atoms with van der Waals surface area (Å²) in [5.74, 6) is 1.29. The zero-order chi connectivity index (χ0) is 23.1. The molecule has 6 heteroatoms. The van der Waals surface area contributed by atoms with E-state index < -0.39 is 6.04 Å². The Hall–Kier alpha value is -3.02. The molecule has 32 heavy (non-hydrogen) atoms. The number of benzene rings is 2. The first-order valence-electron chi connectivity index (χ1n) is 11.4. The van der Waals surface area contributed by atoms with Crippen LogP contribution in [0.15, 0.2) is 42.5 Å². The Kier molecular flexibility index (Phi) is 8.14. The third-order valence-corrected chi connectivity index (χ3v) is 6.00. The van der Waals surface area contributed by atoms with E-state index in [4.69, 9.17) is 9.47 Å². The van der Waals surface area contributed by atoms with Crippen molar-refractivity contribution in [3.63, 3.8) is 0 Å². The van der Waals surface area contributed by atoms with Crippen molar-refractivity contribution < 1.29 is 19.1 Å². The molecule has 0 unspecified atom stereocenters. The van der Waals surface area contributed by atoms with Gasteiger partial charge in [0.05, 0.1) is 0 Å². The normalized spacial score (nSPS) is 14.4. The highest BCUT2D eigenvalue weighted by molar-refractivity contribution is 5.87. The minimum Gasteiger partial charge on any atom is -0.486 e. The van der Waals surface area contributed by atoms with Gasteiger partial charge in [-0.25, -0.2) is 0 Å². The fraction of sp³-hybridized carbons (Fsp3) is 0.462. The third-order valence-electron chi connectivity index (χ3n) is 6.00. The summed E-state index contributed by atoms with van der Waals surface area (Å²) < 4.78 is 11.2. The summed E-state index contributed by atoms with van der Waals surface area (Å²) in [6.45, 7) is 9.31. The van der Waals surface area contributed by atoms with Crippen LogP contribution in [-0.2, 0) is 22.6 Å². The van der Waals surface area contributed by atoms with Gasteiger partial charge in [0.25, 0.3) is 0 Å². The lowest BCUT2D eigenvalue weighted by Crippen LogP contribution is -2.49. The molecule has 2 atom stereocenters. The molecular formula is C26H34N2O4. The highest BCUT2D eigenvalue weighted by Crippen LogP contribution is 2.31. The number of rotatable bonds is 9. The van der Waals surface area contributed by atoms with Crippen LogP contribution in [-0.4, -0.2) is 42.0 Å². The molecule has 2 amide bonds. The summed E-state index contributed by atoms with van der Waals surface area (Å²) in [4.78, 5) is 27.8. The fourth-order valence-electron chi connectivity index (χ4n) is 3.66. The van der Waals surface area contributed by atoms with Gasteiger partial charge >= 0.3 is 0 Å². The van der Waals surface area contributed by atoms with E-state index in [1.807, 2.05) is 63.2 Å². The van der Waals surface area contributed by atoms with Gasteiger partial charge in [0.15, 0.2) is 11.5 Å². The monoisotopic (exact) mass is 438 g/mol. The van der Waals surface area contributed by atoms with Gasteiger partial charge in [-0.05, 0) is 62.4 Å². The number of carbonyl (C=O) groups is 2. The highest BCUT2D eigenvalue weighted by atomic mass is 16.6. The van der Waals surface area contributed by atoms with Crippen LogP contribution in [0.2, 0.25) is 0 Å². The molecule has 0 saturated heterocycles. The standard InChI is InChI=1S/C26H34N2O4/c1-5-19(3)27-26(30)20(4)28(17-22-9-7-6-8-18(22)2)25(29)13-11-21-10-12-23-24(16-21)32-15-14-31-23/h6-10,12,16,19-20H,5,11,13-15,17H2,1-4H3,(H,27,30)/t19-,20-/m0/s1. The summed E-state index contributed by atoms with van der Waals surface area (Å²) >= 11 is 0. The maximum atomic E-state index is 13.3. The maximum absolute atomic E-state index is 13.3. The smallest absolute Gasteiger partial charge is 0.242 e. The zero-order valence-corrected chi connectivity index (χ0v) is 19.5. The molecule has 0 aromatic heterocycles. The van der Waals surface area contributed by atoms with Gasteiger partial charge in [0.2, 0.25) is 11.8 Å². The molecule has 0 fully saturated rings. The van der Waals surface area contributed by atoms with Gasteiger partial charge in [-0.3, -0.25) is 9.59 Å². The topological polar surface area (TPSA) is 67.9 Å². The highest BCUT2D eigenvalue weighted by Gasteiger charge is 2.27.